The minimum absolute atomic E-state index is 0.337. The first-order chi connectivity index (χ1) is 13.1. The molecule has 0 unspecified atom stereocenters. The molecule has 0 saturated carbocycles. The molecule has 0 atom stereocenters. The molecule has 27 heavy (non-hydrogen) atoms. The van der Waals surface area contributed by atoms with Crippen molar-refractivity contribution >= 4 is 28.4 Å². The van der Waals surface area contributed by atoms with E-state index in [0.29, 0.717) is 24.3 Å². The number of hydrogen-bond donors (Lipinski definition) is 1. The third-order valence-corrected chi connectivity index (χ3v) is 4.63. The van der Waals surface area contributed by atoms with Crippen molar-refractivity contribution in [3.05, 3.63) is 66.0 Å². The van der Waals surface area contributed by atoms with E-state index in [0.717, 1.165) is 28.8 Å². The number of nitrogens with one attached hydrogen (secondary N) is 1. The SMILES string of the molecule is CC1=C(c2cn(CCCOc3ccccc3)c3ncccc23)C(=O)NC1=O. The molecule has 6 nitrogen and oxygen atoms in total. The van der Waals surface area contributed by atoms with Crippen LogP contribution in [-0.2, 0) is 16.1 Å². The number of carbonyl (C=O) groups is 2. The molecule has 0 bridgehead atoms. The number of carbonyl (C=O) groups excluding carboxylic acids is 2. The maximum atomic E-state index is 12.2. The minimum atomic E-state index is -0.354. The Morgan fingerprint density at radius 1 is 1.07 bits per heavy atom. The Hall–Kier alpha value is -3.41. The topological polar surface area (TPSA) is 73.2 Å². The second-order valence-corrected chi connectivity index (χ2v) is 6.41. The van der Waals surface area contributed by atoms with Gasteiger partial charge in [-0.1, -0.05) is 18.2 Å². The summed E-state index contributed by atoms with van der Waals surface area (Å²) >= 11 is 0. The zero-order valence-electron chi connectivity index (χ0n) is 14.9. The Morgan fingerprint density at radius 3 is 2.63 bits per heavy atom. The summed E-state index contributed by atoms with van der Waals surface area (Å²) in [6.07, 6.45) is 4.42. The van der Waals surface area contributed by atoms with Crippen LogP contribution in [0, 0.1) is 0 Å². The Morgan fingerprint density at radius 2 is 1.89 bits per heavy atom. The fraction of sp³-hybridized carbons (Fsp3) is 0.190. The first kappa shape index (κ1) is 17.0. The minimum Gasteiger partial charge on any atom is -0.494 e. The van der Waals surface area contributed by atoms with Crippen LogP contribution >= 0.6 is 0 Å². The molecule has 0 spiro atoms. The maximum Gasteiger partial charge on any atom is 0.259 e. The van der Waals surface area contributed by atoms with Crippen molar-refractivity contribution in [2.24, 2.45) is 0 Å². The van der Waals surface area contributed by atoms with Gasteiger partial charge in [-0.2, -0.15) is 0 Å². The summed E-state index contributed by atoms with van der Waals surface area (Å²) < 4.78 is 7.75. The van der Waals surface area contributed by atoms with Gasteiger partial charge in [-0.05, 0) is 37.6 Å². The van der Waals surface area contributed by atoms with Gasteiger partial charge in [0.1, 0.15) is 11.4 Å². The molecule has 136 valence electrons. The van der Waals surface area contributed by atoms with Crippen LogP contribution in [0.15, 0.2) is 60.4 Å². The number of aromatic nitrogens is 2. The van der Waals surface area contributed by atoms with E-state index in [2.05, 4.69) is 10.3 Å². The van der Waals surface area contributed by atoms with Crippen LogP contribution < -0.4 is 10.1 Å². The third-order valence-electron chi connectivity index (χ3n) is 4.63. The number of benzene rings is 1. The van der Waals surface area contributed by atoms with E-state index in [-0.39, 0.29) is 11.8 Å². The molecule has 0 radical (unpaired) electrons. The van der Waals surface area contributed by atoms with Crippen LogP contribution in [0.4, 0.5) is 0 Å². The summed E-state index contributed by atoms with van der Waals surface area (Å²) in [7, 11) is 0. The van der Waals surface area contributed by atoms with Gasteiger partial charge in [-0.15, -0.1) is 0 Å². The van der Waals surface area contributed by atoms with Crippen molar-refractivity contribution in [2.45, 2.75) is 19.9 Å². The second kappa shape index (κ2) is 7.07. The van der Waals surface area contributed by atoms with Gasteiger partial charge >= 0.3 is 0 Å². The van der Waals surface area contributed by atoms with Gasteiger partial charge in [0.15, 0.2) is 0 Å². The van der Waals surface area contributed by atoms with Crippen molar-refractivity contribution in [3.8, 4) is 5.75 Å². The molecule has 3 heterocycles. The molecule has 6 heteroatoms. The number of amides is 2. The summed E-state index contributed by atoms with van der Waals surface area (Å²) in [5, 5.41) is 3.22. The highest BCUT2D eigenvalue weighted by molar-refractivity contribution is 6.37. The van der Waals surface area contributed by atoms with Crippen LogP contribution in [0.5, 0.6) is 5.75 Å². The standard InChI is InChI=1S/C21H19N3O3/c1-14-18(21(26)23-20(14)25)17-13-24(19-16(17)9-5-10-22-19)11-6-12-27-15-7-3-2-4-8-15/h2-5,7-10,13H,6,11-12H2,1H3,(H,23,25,26). The highest BCUT2D eigenvalue weighted by atomic mass is 16.5. The predicted octanol–water partition coefficient (Wildman–Crippen LogP) is 2.94. The predicted molar refractivity (Wildman–Crippen MR) is 102 cm³/mol. The highest BCUT2D eigenvalue weighted by Gasteiger charge is 2.30. The first-order valence-corrected chi connectivity index (χ1v) is 8.84. The van der Waals surface area contributed by atoms with Crippen molar-refractivity contribution < 1.29 is 14.3 Å². The summed E-state index contributed by atoms with van der Waals surface area (Å²) in [5.41, 5.74) is 2.40. The lowest BCUT2D eigenvalue weighted by Gasteiger charge is -2.07. The molecule has 3 aromatic rings. The number of pyridine rings is 1. The smallest absolute Gasteiger partial charge is 0.259 e. The zero-order valence-corrected chi connectivity index (χ0v) is 14.9. The maximum absolute atomic E-state index is 12.2. The number of rotatable bonds is 6. The van der Waals surface area contributed by atoms with Crippen molar-refractivity contribution in [2.75, 3.05) is 6.61 Å². The van der Waals surface area contributed by atoms with E-state index in [4.69, 9.17) is 4.74 Å². The fourth-order valence-electron chi connectivity index (χ4n) is 3.30. The van der Waals surface area contributed by atoms with Gasteiger partial charge in [-0.25, -0.2) is 4.98 Å². The Balaban J connectivity index is 1.57. The van der Waals surface area contributed by atoms with Crippen LogP contribution in [0.1, 0.15) is 18.9 Å². The van der Waals surface area contributed by atoms with Crippen molar-refractivity contribution in [3.63, 3.8) is 0 Å². The number of hydrogen-bond acceptors (Lipinski definition) is 4. The van der Waals surface area contributed by atoms with E-state index in [1.165, 1.54) is 0 Å². The van der Waals surface area contributed by atoms with E-state index < -0.39 is 0 Å². The van der Waals surface area contributed by atoms with Gasteiger partial charge in [0.05, 0.1) is 12.2 Å². The lowest BCUT2D eigenvalue weighted by atomic mass is 10.0. The third kappa shape index (κ3) is 3.21. The van der Waals surface area contributed by atoms with E-state index >= 15 is 0 Å². The van der Waals surface area contributed by atoms with Crippen LogP contribution in [0.3, 0.4) is 0 Å². The first-order valence-electron chi connectivity index (χ1n) is 8.84. The van der Waals surface area contributed by atoms with Gasteiger partial charge in [0, 0.05) is 35.5 Å². The van der Waals surface area contributed by atoms with E-state index in [9.17, 15) is 9.59 Å². The molecule has 1 aromatic carbocycles. The summed E-state index contributed by atoms with van der Waals surface area (Å²) in [4.78, 5) is 28.5. The zero-order chi connectivity index (χ0) is 18.8. The van der Waals surface area contributed by atoms with Gasteiger partial charge < -0.3 is 9.30 Å². The quantitative estimate of drug-likeness (QED) is 0.541. The number of aryl methyl sites for hydroxylation is 1. The number of para-hydroxylation sites is 1. The molecular formula is C21H19N3O3. The average Bonchev–Trinajstić information content (AvgIpc) is 3.16. The second-order valence-electron chi connectivity index (χ2n) is 6.41. The lowest BCUT2D eigenvalue weighted by molar-refractivity contribution is -0.123. The van der Waals surface area contributed by atoms with Gasteiger partial charge in [-0.3, -0.25) is 14.9 Å². The van der Waals surface area contributed by atoms with Crippen LogP contribution in [0.25, 0.3) is 16.6 Å². The normalized spacial score (nSPS) is 14.1. The Kier molecular flexibility index (Phi) is 4.46. The average molecular weight is 361 g/mol. The van der Waals surface area contributed by atoms with E-state index in [1.807, 2.05) is 53.2 Å². The number of ether oxygens (including phenoxy) is 1. The molecule has 2 aromatic heterocycles. The lowest BCUT2D eigenvalue weighted by Crippen LogP contribution is -2.22. The molecule has 4 rings (SSSR count). The molecule has 1 aliphatic heterocycles. The summed E-state index contributed by atoms with van der Waals surface area (Å²) in [5.74, 6) is 0.152. The highest BCUT2D eigenvalue weighted by Crippen LogP contribution is 2.31. The molecular weight excluding hydrogens is 342 g/mol. The Bertz CT molecular complexity index is 1050. The Labute approximate surface area is 156 Å². The largest absolute Gasteiger partial charge is 0.494 e. The number of imide groups is 1. The molecule has 1 aliphatic rings. The van der Waals surface area contributed by atoms with Crippen LogP contribution in [-0.4, -0.2) is 28.0 Å². The molecule has 0 fully saturated rings. The van der Waals surface area contributed by atoms with Crippen molar-refractivity contribution in [1.82, 2.24) is 14.9 Å². The number of fused-ring (bicyclic) bond motifs is 1. The fourth-order valence-corrected chi connectivity index (χ4v) is 3.30. The molecule has 1 N–H and O–H groups in total. The monoisotopic (exact) mass is 361 g/mol. The number of nitrogens with zero attached hydrogens (tertiary/aromatic N) is 2. The van der Waals surface area contributed by atoms with E-state index in [1.54, 1.807) is 13.1 Å². The molecule has 2 amide bonds. The summed E-state index contributed by atoms with van der Waals surface area (Å²) in [6.45, 7) is 2.94. The summed E-state index contributed by atoms with van der Waals surface area (Å²) in [6, 6.07) is 13.4. The molecule has 0 aliphatic carbocycles. The van der Waals surface area contributed by atoms with Crippen molar-refractivity contribution in [1.29, 1.82) is 0 Å². The van der Waals surface area contributed by atoms with Gasteiger partial charge in [0.2, 0.25) is 0 Å². The van der Waals surface area contributed by atoms with Gasteiger partial charge in [0.25, 0.3) is 11.8 Å². The van der Waals surface area contributed by atoms with Crippen LogP contribution in [0.2, 0.25) is 0 Å². The molecule has 0 saturated heterocycles.